The van der Waals surface area contributed by atoms with Crippen molar-refractivity contribution in [3.8, 4) is 11.5 Å². The summed E-state index contributed by atoms with van der Waals surface area (Å²) in [6.45, 7) is 2.06. The fourth-order valence-electron chi connectivity index (χ4n) is 2.23. The molecule has 5 heteroatoms. The number of ether oxygens (including phenoxy) is 2. The van der Waals surface area contributed by atoms with E-state index in [1.54, 1.807) is 14.2 Å². The minimum Gasteiger partial charge on any atom is -0.493 e. The molecule has 1 aliphatic rings. The normalized spacial score (nSPS) is 27.8. The molecule has 18 heavy (non-hydrogen) atoms. The van der Waals surface area contributed by atoms with Crippen molar-refractivity contribution in [2.45, 2.75) is 19.0 Å². The van der Waals surface area contributed by atoms with Gasteiger partial charge in [0, 0.05) is 34.4 Å². The standard InChI is InChI=1S/C13H19NO3S/c1-9-7-18(15)8-11(14-9)10-4-5-12(16-2)13(6-10)17-3/h4-6,9,11,14H,7-8H2,1-3H3. The number of rotatable bonds is 3. The van der Waals surface area contributed by atoms with E-state index in [0.717, 1.165) is 11.3 Å². The van der Waals surface area contributed by atoms with Gasteiger partial charge in [-0.05, 0) is 24.6 Å². The second kappa shape index (κ2) is 5.71. The summed E-state index contributed by atoms with van der Waals surface area (Å²) < 4.78 is 22.3. The minimum absolute atomic E-state index is 0.120. The van der Waals surface area contributed by atoms with Crippen LogP contribution in [-0.2, 0) is 10.8 Å². The van der Waals surface area contributed by atoms with E-state index in [0.29, 0.717) is 17.3 Å². The molecule has 0 radical (unpaired) electrons. The molecule has 0 amide bonds. The van der Waals surface area contributed by atoms with Crippen molar-refractivity contribution >= 4 is 10.8 Å². The zero-order valence-corrected chi connectivity index (χ0v) is 11.8. The summed E-state index contributed by atoms with van der Waals surface area (Å²) in [6.07, 6.45) is 0. The van der Waals surface area contributed by atoms with Crippen molar-refractivity contribution in [3.63, 3.8) is 0 Å². The second-order valence-electron chi connectivity index (χ2n) is 4.51. The molecule has 3 atom stereocenters. The molecule has 0 spiro atoms. The van der Waals surface area contributed by atoms with Gasteiger partial charge in [0.05, 0.1) is 14.2 Å². The van der Waals surface area contributed by atoms with Crippen molar-refractivity contribution < 1.29 is 13.7 Å². The fourth-order valence-corrected chi connectivity index (χ4v) is 3.68. The number of methoxy groups -OCH3 is 2. The van der Waals surface area contributed by atoms with E-state index in [4.69, 9.17) is 9.47 Å². The first-order chi connectivity index (χ1) is 8.63. The molecule has 1 aliphatic heterocycles. The van der Waals surface area contributed by atoms with E-state index in [9.17, 15) is 4.21 Å². The Morgan fingerprint density at radius 2 is 1.94 bits per heavy atom. The van der Waals surface area contributed by atoms with Gasteiger partial charge in [0.1, 0.15) is 0 Å². The average molecular weight is 269 g/mol. The first-order valence-electron chi connectivity index (χ1n) is 5.97. The van der Waals surface area contributed by atoms with Gasteiger partial charge in [0.2, 0.25) is 0 Å². The first-order valence-corrected chi connectivity index (χ1v) is 7.45. The summed E-state index contributed by atoms with van der Waals surface area (Å²) in [5.74, 6) is 2.80. The van der Waals surface area contributed by atoms with Crippen LogP contribution in [0.2, 0.25) is 0 Å². The molecule has 1 heterocycles. The first kappa shape index (κ1) is 13.4. The average Bonchev–Trinajstić information content (AvgIpc) is 2.36. The molecule has 1 fully saturated rings. The van der Waals surface area contributed by atoms with E-state index in [1.807, 2.05) is 18.2 Å². The summed E-state index contributed by atoms with van der Waals surface area (Å²) in [6, 6.07) is 6.23. The van der Waals surface area contributed by atoms with E-state index in [1.165, 1.54) is 0 Å². The molecule has 0 aromatic heterocycles. The molecule has 100 valence electrons. The van der Waals surface area contributed by atoms with Gasteiger partial charge in [-0.15, -0.1) is 0 Å². The SMILES string of the molecule is COc1ccc(C2CS(=O)CC(C)N2)cc1OC. The monoisotopic (exact) mass is 269 g/mol. The van der Waals surface area contributed by atoms with Crippen molar-refractivity contribution in [1.29, 1.82) is 0 Å². The van der Waals surface area contributed by atoms with Crippen LogP contribution in [0.4, 0.5) is 0 Å². The summed E-state index contributed by atoms with van der Waals surface area (Å²) in [5, 5.41) is 3.46. The van der Waals surface area contributed by atoms with E-state index < -0.39 is 10.8 Å². The molecule has 4 nitrogen and oxygen atoms in total. The smallest absolute Gasteiger partial charge is 0.161 e. The number of hydrogen-bond donors (Lipinski definition) is 1. The summed E-state index contributed by atoms with van der Waals surface area (Å²) in [5.41, 5.74) is 1.09. The number of nitrogens with one attached hydrogen (secondary N) is 1. The van der Waals surface area contributed by atoms with Crippen molar-refractivity contribution in [3.05, 3.63) is 23.8 Å². The third-order valence-electron chi connectivity index (χ3n) is 3.08. The Balaban J connectivity index is 2.25. The Kier molecular flexibility index (Phi) is 4.24. The lowest BCUT2D eigenvalue weighted by Crippen LogP contribution is -2.43. The Bertz CT molecular complexity index is 450. The van der Waals surface area contributed by atoms with Gasteiger partial charge in [0.25, 0.3) is 0 Å². The summed E-state index contributed by atoms with van der Waals surface area (Å²) in [4.78, 5) is 0. The molecule has 1 aromatic carbocycles. The number of hydrogen-bond acceptors (Lipinski definition) is 4. The minimum atomic E-state index is -0.751. The lowest BCUT2D eigenvalue weighted by molar-refractivity contribution is 0.353. The van der Waals surface area contributed by atoms with E-state index in [2.05, 4.69) is 12.2 Å². The predicted molar refractivity (Wildman–Crippen MR) is 72.8 cm³/mol. The highest BCUT2D eigenvalue weighted by Gasteiger charge is 2.24. The second-order valence-corrected chi connectivity index (χ2v) is 6.05. The van der Waals surface area contributed by atoms with Gasteiger partial charge < -0.3 is 14.8 Å². The molecular weight excluding hydrogens is 250 g/mol. The molecule has 2 rings (SSSR count). The zero-order valence-electron chi connectivity index (χ0n) is 10.9. The quantitative estimate of drug-likeness (QED) is 0.903. The zero-order chi connectivity index (χ0) is 13.1. The molecule has 0 saturated carbocycles. The fraction of sp³-hybridized carbons (Fsp3) is 0.538. The molecule has 3 unspecified atom stereocenters. The third-order valence-corrected chi connectivity index (χ3v) is 4.66. The van der Waals surface area contributed by atoms with Crippen LogP contribution >= 0.6 is 0 Å². The maximum Gasteiger partial charge on any atom is 0.161 e. The number of benzene rings is 1. The van der Waals surface area contributed by atoms with Crippen LogP contribution in [0.5, 0.6) is 11.5 Å². The highest BCUT2D eigenvalue weighted by Crippen LogP contribution is 2.31. The van der Waals surface area contributed by atoms with Gasteiger partial charge in [-0.3, -0.25) is 4.21 Å². The van der Waals surface area contributed by atoms with Crippen LogP contribution in [0, 0.1) is 0 Å². The Morgan fingerprint density at radius 1 is 1.22 bits per heavy atom. The van der Waals surface area contributed by atoms with Crippen LogP contribution in [0.15, 0.2) is 18.2 Å². The largest absolute Gasteiger partial charge is 0.493 e. The van der Waals surface area contributed by atoms with Crippen LogP contribution in [0.25, 0.3) is 0 Å². The molecule has 0 bridgehead atoms. The van der Waals surface area contributed by atoms with Crippen LogP contribution in [-0.4, -0.2) is 36.0 Å². The third kappa shape index (κ3) is 2.84. The highest BCUT2D eigenvalue weighted by atomic mass is 32.2. The lowest BCUT2D eigenvalue weighted by atomic mass is 10.1. The van der Waals surface area contributed by atoms with Crippen molar-refractivity contribution in [2.75, 3.05) is 25.7 Å². The molecule has 1 N–H and O–H groups in total. The Labute approximate surface area is 110 Å². The maximum atomic E-state index is 11.7. The Hall–Kier alpha value is -1.07. The summed E-state index contributed by atoms with van der Waals surface area (Å²) in [7, 11) is 2.49. The topological polar surface area (TPSA) is 47.6 Å². The highest BCUT2D eigenvalue weighted by molar-refractivity contribution is 7.85. The summed E-state index contributed by atoms with van der Waals surface area (Å²) >= 11 is 0. The van der Waals surface area contributed by atoms with Crippen LogP contribution < -0.4 is 14.8 Å². The molecular formula is C13H19NO3S. The molecule has 1 aromatic rings. The van der Waals surface area contributed by atoms with Gasteiger partial charge >= 0.3 is 0 Å². The van der Waals surface area contributed by atoms with Crippen molar-refractivity contribution in [1.82, 2.24) is 5.32 Å². The van der Waals surface area contributed by atoms with Gasteiger partial charge in [-0.1, -0.05) is 6.07 Å². The van der Waals surface area contributed by atoms with Gasteiger partial charge in [0.15, 0.2) is 11.5 Å². The molecule has 1 saturated heterocycles. The van der Waals surface area contributed by atoms with Gasteiger partial charge in [-0.25, -0.2) is 0 Å². The predicted octanol–water partition coefficient (Wildman–Crippen LogP) is 1.49. The molecule has 0 aliphatic carbocycles. The van der Waals surface area contributed by atoms with Crippen molar-refractivity contribution in [2.24, 2.45) is 0 Å². The van der Waals surface area contributed by atoms with Crippen LogP contribution in [0.1, 0.15) is 18.5 Å². The van der Waals surface area contributed by atoms with E-state index in [-0.39, 0.29) is 12.1 Å². The maximum absolute atomic E-state index is 11.7. The van der Waals surface area contributed by atoms with Gasteiger partial charge in [-0.2, -0.15) is 0 Å². The Morgan fingerprint density at radius 3 is 2.56 bits per heavy atom. The van der Waals surface area contributed by atoms with Crippen LogP contribution in [0.3, 0.4) is 0 Å². The lowest BCUT2D eigenvalue weighted by Gasteiger charge is -2.29. The van der Waals surface area contributed by atoms with E-state index >= 15 is 0 Å².